The molecule has 0 aromatic carbocycles. The lowest BCUT2D eigenvalue weighted by Crippen LogP contribution is -2.35. The van der Waals surface area contributed by atoms with E-state index in [1.54, 1.807) is 6.07 Å². The number of hydrogen-bond acceptors (Lipinski definition) is 3. The summed E-state index contributed by atoms with van der Waals surface area (Å²) in [6, 6.07) is 2.28. The van der Waals surface area contributed by atoms with Crippen molar-refractivity contribution >= 4 is 5.82 Å². The molecule has 2 fully saturated rings. The Labute approximate surface area is 126 Å². The van der Waals surface area contributed by atoms with Gasteiger partial charge in [-0.3, -0.25) is 0 Å². The third kappa shape index (κ3) is 3.94. The first-order valence-electron chi connectivity index (χ1n) is 8.39. The van der Waals surface area contributed by atoms with Crippen molar-refractivity contribution in [3.8, 4) is 0 Å². The molecule has 1 aromatic rings. The van der Waals surface area contributed by atoms with E-state index in [-0.39, 0.29) is 5.82 Å². The summed E-state index contributed by atoms with van der Waals surface area (Å²) in [5.41, 5.74) is 1.01. The lowest BCUT2D eigenvalue weighted by Gasteiger charge is -2.34. The maximum atomic E-state index is 13.5. The van der Waals surface area contributed by atoms with Gasteiger partial charge in [-0.2, -0.15) is 0 Å². The molecule has 21 heavy (non-hydrogen) atoms. The van der Waals surface area contributed by atoms with Gasteiger partial charge in [0, 0.05) is 31.2 Å². The van der Waals surface area contributed by atoms with Crippen LogP contribution in [-0.2, 0) is 6.54 Å². The highest BCUT2D eigenvalue weighted by Gasteiger charge is 2.24. The zero-order valence-corrected chi connectivity index (χ0v) is 12.9. The molecule has 3 nitrogen and oxygen atoms in total. The molecule has 2 aliphatic rings. The minimum absolute atomic E-state index is 0.229. The quantitative estimate of drug-likeness (QED) is 0.869. The number of nitrogens with one attached hydrogen (secondary N) is 1. The van der Waals surface area contributed by atoms with Gasteiger partial charge in [0.15, 0.2) is 0 Å². The van der Waals surface area contributed by atoms with Crippen molar-refractivity contribution < 1.29 is 4.39 Å². The minimum Gasteiger partial charge on any atom is -0.356 e. The number of halogens is 1. The van der Waals surface area contributed by atoms with Crippen molar-refractivity contribution in [2.24, 2.45) is 5.92 Å². The lowest BCUT2D eigenvalue weighted by molar-refractivity contribution is 0.376. The van der Waals surface area contributed by atoms with Crippen LogP contribution in [0, 0.1) is 11.7 Å². The van der Waals surface area contributed by atoms with Crippen LogP contribution in [0.2, 0.25) is 0 Å². The number of nitrogens with zero attached hydrogens (tertiary/aromatic N) is 2. The Hall–Kier alpha value is -1.16. The molecule has 1 aromatic heterocycles. The zero-order chi connectivity index (χ0) is 14.7. The average Bonchev–Trinajstić information content (AvgIpc) is 3.31. The van der Waals surface area contributed by atoms with Gasteiger partial charge in [0.2, 0.25) is 0 Å². The molecule has 0 spiro atoms. The van der Waals surface area contributed by atoms with Gasteiger partial charge >= 0.3 is 0 Å². The molecule has 1 aliphatic heterocycles. The van der Waals surface area contributed by atoms with Crippen molar-refractivity contribution in [3.05, 3.63) is 23.6 Å². The topological polar surface area (TPSA) is 28.2 Å². The van der Waals surface area contributed by atoms with E-state index in [1.807, 2.05) is 0 Å². The molecule has 1 N–H and O–H groups in total. The molecule has 0 amide bonds. The van der Waals surface area contributed by atoms with E-state index < -0.39 is 0 Å². The molecular formula is C17H26FN3. The standard InChI is InChI=1S/C17H26FN3/c1-2-3-13-6-8-21(9-7-13)17-14(10-15(18)12-20-17)11-19-16-4-5-16/h10,12-13,16,19H,2-9,11H2,1H3. The fourth-order valence-electron chi connectivity index (χ4n) is 3.27. The highest BCUT2D eigenvalue weighted by molar-refractivity contribution is 5.47. The number of rotatable bonds is 6. The predicted octanol–water partition coefficient (Wildman–Crippen LogP) is 3.49. The second-order valence-electron chi connectivity index (χ2n) is 6.51. The maximum absolute atomic E-state index is 13.5. The Balaban J connectivity index is 1.66. The van der Waals surface area contributed by atoms with Gasteiger partial charge in [0.05, 0.1) is 6.20 Å². The summed E-state index contributed by atoms with van der Waals surface area (Å²) < 4.78 is 13.5. The molecule has 0 unspecified atom stereocenters. The first kappa shape index (κ1) is 14.8. The smallest absolute Gasteiger partial charge is 0.141 e. The Morgan fingerprint density at radius 1 is 1.29 bits per heavy atom. The van der Waals surface area contributed by atoms with E-state index >= 15 is 0 Å². The van der Waals surface area contributed by atoms with E-state index in [1.165, 1.54) is 44.7 Å². The molecule has 3 rings (SSSR count). The van der Waals surface area contributed by atoms with Gasteiger partial charge in [0.1, 0.15) is 11.6 Å². The molecular weight excluding hydrogens is 265 g/mol. The highest BCUT2D eigenvalue weighted by atomic mass is 19.1. The summed E-state index contributed by atoms with van der Waals surface area (Å²) in [7, 11) is 0. The molecule has 4 heteroatoms. The van der Waals surface area contributed by atoms with Crippen LogP contribution in [0.1, 0.15) is 51.0 Å². The summed E-state index contributed by atoms with van der Waals surface area (Å²) in [5.74, 6) is 1.62. The fourth-order valence-corrected chi connectivity index (χ4v) is 3.27. The molecule has 116 valence electrons. The number of pyridine rings is 1. The van der Waals surface area contributed by atoms with Crippen molar-refractivity contribution in [2.45, 2.75) is 58.0 Å². The summed E-state index contributed by atoms with van der Waals surface area (Å²) in [5, 5.41) is 3.48. The molecule has 0 atom stereocenters. The van der Waals surface area contributed by atoms with Crippen LogP contribution in [0.5, 0.6) is 0 Å². The third-order valence-electron chi connectivity index (χ3n) is 4.68. The lowest BCUT2D eigenvalue weighted by atomic mass is 9.92. The van der Waals surface area contributed by atoms with Gasteiger partial charge in [-0.05, 0) is 37.7 Å². The van der Waals surface area contributed by atoms with Crippen LogP contribution >= 0.6 is 0 Å². The number of piperidine rings is 1. The average molecular weight is 291 g/mol. The van der Waals surface area contributed by atoms with Gasteiger partial charge < -0.3 is 10.2 Å². The third-order valence-corrected chi connectivity index (χ3v) is 4.68. The Morgan fingerprint density at radius 3 is 2.71 bits per heavy atom. The van der Waals surface area contributed by atoms with Crippen LogP contribution in [0.4, 0.5) is 10.2 Å². The molecule has 1 saturated heterocycles. The van der Waals surface area contributed by atoms with Crippen molar-refractivity contribution in [3.63, 3.8) is 0 Å². The van der Waals surface area contributed by atoms with Gasteiger partial charge in [0.25, 0.3) is 0 Å². The van der Waals surface area contributed by atoms with Crippen LogP contribution in [0.15, 0.2) is 12.3 Å². The van der Waals surface area contributed by atoms with E-state index in [0.29, 0.717) is 6.04 Å². The largest absolute Gasteiger partial charge is 0.356 e. The van der Waals surface area contributed by atoms with Crippen molar-refractivity contribution in [2.75, 3.05) is 18.0 Å². The maximum Gasteiger partial charge on any atom is 0.141 e. The van der Waals surface area contributed by atoms with Crippen molar-refractivity contribution in [1.29, 1.82) is 0 Å². The van der Waals surface area contributed by atoms with Gasteiger partial charge in [-0.25, -0.2) is 9.37 Å². The minimum atomic E-state index is -0.229. The van der Waals surface area contributed by atoms with Gasteiger partial charge in [-0.1, -0.05) is 19.8 Å². The first-order valence-corrected chi connectivity index (χ1v) is 8.39. The van der Waals surface area contributed by atoms with Crippen LogP contribution < -0.4 is 10.2 Å². The molecule has 1 aliphatic carbocycles. The van der Waals surface area contributed by atoms with Gasteiger partial charge in [-0.15, -0.1) is 0 Å². The predicted molar refractivity (Wildman–Crippen MR) is 83.9 cm³/mol. The van der Waals surface area contributed by atoms with Crippen LogP contribution in [-0.4, -0.2) is 24.1 Å². The Bertz CT molecular complexity index is 465. The fraction of sp³-hybridized carbons (Fsp3) is 0.706. The molecule has 0 radical (unpaired) electrons. The van der Waals surface area contributed by atoms with E-state index in [4.69, 9.17) is 0 Å². The summed E-state index contributed by atoms with van der Waals surface area (Å²) >= 11 is 0. The SMILES string of the molecule is CCCC1CCN(c2ncc(F)cc2CNC2CC2)CC1. The number of aromatic nitrogens is 1. The normalized spacial score (nSPS) is 20.0. The highest BCUT2D eigenvalue weighted by Crippen LogP contribution is 2.28. The molecule has 2 heterocycles. The summed E-state index contributed by atoms with van der Waals surface area (Å²) in [6.45, 7) is 5.11. The van der Waals surface area contributed by atoms with E-state index in [0.717, 1.165) is 36.9 Å². The van der Waals surface area contributed by atoms with E-state index in [9.17, 15) is 4.39 Å². The van der Waals surface area contributed by atoms with Crippen LogP contribution in [0.25, 0.3) is 0 Å². The van der Waals surface area contributed by atoms with Crippen molar-refractivity contribution in [1.82, 2.24) is 10.3 Å². The Morgan fingerprint density at radius 2 is 2.05 bits per heavy atom. The summed E-state index contributed by atoms with van der Waals surface area (Å²) in [4.78, 5) is 6.72. The second kappa shape index (κ2) is 6.73. The first-order chi connectivity index (χ1) is 10.3. The molecule has 1 saturated carbocycles. The number of hydrogen-bond donors (Lipinski definition) is 1. The summed E-state index contributed by atoms with van der Waals surface area (Å²) in [6.07, 6.45) is 8.94. The Kier molecular flexibility index (Phi) is 4.73. The molecule has 0 bridgehead atoms. The monoisotopic (exact) mass is 291 g/mol. The number of anilines is 1. The second-order valence-corrected chi connectivity index (χ2v) is 6.51. The zero-order valence-electron chi connectivity index (χ0n) is 12.9. The van der Waals surface area contributed by atoms with Crippen LogP contribution in [0.3, 0.4) is 0 Å². The van der Waals surface area contributed by atoms with E-state index in [2.05, 4.69) is 22.1 Å².